The lowest BCUT2D eigenvalue weighted by atomic mass is 10.0. The molecule has 1 N–H and O–H groups in total. The highest BCUT2D eigenvalue weighted by molar-refractivity contribution is 5.32. The molecule has 1 aromatic heterocycles. The van der Waals surface area contributed by atoms with E-state index in [9.17, 15) is 0 Å². The van der Waals surface area contributed by atoms with E-state index in [0.717, 1.165) is 19.6 Å². The second kappa shape index (κ2) is 6.10. The fourth-order valence-corrected chi connectivity index (χ4v) is 3.48. The van der Waals surface area contributed by atoms with E-state index in [0.29, 0.717) is 0 Å². The van der Waals surface area contributed by atoms with E-state index in [1.54, 1.807) is 0 Å². The van der Waals surface area contributed by atoms with Crippen LogP contribution in [0.5, 0.6) is 0 Å². The number of nitrogens with one attached hydrogen (secondary N) is 1. The van der Waals surface area contributed by atoms with Gasteiger partial charge in [-0.15, -0.1) is 0 Å². The van der Waals surface area contributed by atoms with Crippen molar-refractivity contribution in [2.45, 2.75) is 57.3 Å². The Morgan fingerprint density at radius 1 is 1.22 bits per heavy atom. The van der Waals surface area contributed by atoms with Crippen LogP contribution in [0.2, 0.25) is 0 Å². The van der Waals surface area contributed by atoms with Crippen molar-refractivity contribution >= 4 is 0 Å². The lowest BCUT2D eigenvalue weighted by molar-refractivity contribution is -0.0413. The zero-order valence-electron chi connectivity index (χ0n) is 13.8. The first-order chi connectivity index (χ1) is 11.3. The van der Waals surface area contributed by atoms with Crippen molar-refractivity contribution in [1.29, 1.82) is 0 Å². The van der Waals surface area contributed by atoms with Crippen LogP contribution in [0, 0.1) is 6.92 Å². The predicted octanol–water partition coefficient (Wildman–Crippen LogP) is 3.67. The summed E-state index contributed by atoms with van der Waals surface area (Å²) in [7, 11) is 0. The number of ether oxygens (including phenoxy) is 1. The first kappa shape index (κ1) is 14.9. The molecule has 2 aliphatic rings. The topological polar surface area (TPSA) is 39.1 Å². The quantitative estimate of drug-likeness (QED) is 0.915. The molecule has 122 valence electrons. The van der Waals surface area contributed by atoms with Gasteiger partial charge in [0, 0.05) is 24.9 Å². The van der Waals surface area contributed by atoms with Gasteiger partial charge in [0.15, 0.2) is 6.23 Å². The van der Waals surface area contributed by atoms with Gasteiger partial charge < -0.3 is 10.1 Å². The zero-order chi connectivity index (χ0) is 15.7. The van der Waals surface area contributed by atoms with Crippen molar-refractivity contribution in [2.24, 2.45) is 0 Å². The Labute approximate surface area is 137 Å². The van der Waals surface area contributed by atoms with Crippen LogP contribution in [0.3, 0.4) is 0 Å². The van der Waals surface area contributed by atoms with E-state index in [1.807, 2.05) is 6.20 Å². The Bertz CT molecular complexity index is 652. The van der Waals surface area contributed by atoms with E-state index in [2.05, 4.69) is 52.4 Å². The van der Waals surface area contributed by atoms with Crippen LogP contribution in [0.15, 0.2) is 36.5 Å². The number of aromatic nitrogens is 2. The molecule has 0 unspecified atom stereocenters. The van der Waals surface area contributed by atoms with Crippen LogP contribution in [0.1, 0.15) is 55.2 Å². The zero-order valence-corrected chi connectivity index (χ0v) is 13.8. The second-order valence-electron chi connectivity index (χ2n) is 6.89. The van der Waals surface area contributed by atoms with Gasteiger partial charge in [-0.2, -0.15) is 5.10 Å². The van der Waals surface area contributed by atoms with Gasteiger partial charge >= 0.3 is 0 Å². The summed E-state index contributed by atoms with van der Waals surface area (Å²) < 4.78 is 7.95. The van der Waals surface area contributed by atoms with Crippen LogP contribution in [0.4, 0.5) is 0 Å². The van der Waals surface area contributed by atoms with Crippen LogP contribution < -0.4 is 5.32 Å². The van der Waals surface area contributed by atoms with E-state index in [4.69, 9.17) is 4.74 Å². The highest BCUT2D eigenvalue weighted by atomic mass is 16.5. The Morgan fingerprint density at radius 2 is 2.04 bits per heavy atom. The molecule has 4 rings (SSSR count). The molecule has 1 aliphatic carbocycles. The second-order valence-corrected chi connectivity index (χ2v) is 6.89. The van der Waals surface area contributed by atoms with Gasteiger partial charge in [0.2, 0.25) is 0 Å². The molecule has 1 atom stereocenters. The standard InChI is InChI=1S/C19H25N3O/c1-15-5-7-16(8-6-15)19(10-11-19)20-14-17-9-12-21-22(17)18-4-2-3-13-23-18/h5-9,12,18,20H,2-4,10-11,13-14H2,1H3/t18-/m0/s1. The van der Waals surface area contributed by atoms with Crippen LogP contribution in [-0.2, 0) is 16.8 Å². The molecule has 1 aliphatic heterocycles. The smallest absolute Gasteiger partial charge is 0.150 e. The van der Waals surface area contributed by atoms with Crippen molar-refractivity contribution in [3.63, 3.8) is 0 Å². The molecule has 2 heterocycles. The number of nitrogens with zero attached hydrogens (tertiary/aromatic N) is 2. The van der Waals surface area contributed by atoms with Gasteiger partial charge in [-0.3, -0.25) is 0 Å². The highest BCUT2D eigenvalue weighted by Crippen LogP contribution is 2.45. The normalized spacial score (nSPS) is 22.9. The summed E-state index contributed by atoms with van der Waals surface area (Å²) in [4.78, 5) is 0. The summed E-state index contributed by atoms with van der Waals surface area (Å²) in [5, 5.41) is 8.27. The van der Waals surface area contributed by atoms with Gasteiger partial charge in [-0.1, -0.05) is 29.8 Å². The monoisotopic (exact) mass is 311 g/mol. The van der Waals surface area contributed by atoms with Crippen LogP contribution in [0.25, 0.3) is 0 Å². The molecular weight excluding hydrogens is 286 g/mol. The van der Waals surface area contributed by atoms with Crippen LogP contribution in [-0.4, -0.2) is 16.4 Å². The fourth-order valence-electron chi connectivity index (χ4n) is 3.48. The average Bonchev–Trinajstić information content (AvgIpc) is 3.23. The number of aryl methyl sites for hydroxylation is 1. The fraction of sp³-hybridized carbons (Fsp3) is 0.526. The lowest BCUT2D eigenvalue weighted by Crippen LogP contribution is -2.30. The third-order valence-electron chi connectivity index (χ3n) is 5.14. The molecule has 0 radical (unpaired) electrons. The van der Waals surface area contributed by atoms with Crippen molar-refractivity contribution in [3.8, 4) is 0 Å². The SMILES string of the molecule is Cc1ccc(C2(NCc3ccnn3[C@@H]3CCCCO3)CC2)cc1. The summed E-state index contributed by atoms with van der Waals surface area (Å²) in [6, 6.07) is 11.0. The maximum atomic E-state index is 5.88. The van der Waals surface area contributed by atoms with Gasteiger partial charge in [-0.25, -0.2) is 4.68 Å². The molecule has 0 spiro atoms. The molecule has 0 amide bonds. The van der Waals surface area contributed by atoms with E-state index < -0.39 is 0 Å². The minimum absolute atomic E-state index is 0.116. The van der Waals surface area contributed by atoms with Crippen molar-refractivity contribution < 1.29 is 4.74 Å². The van der Waals surface area contributed by atoms with Crippen molar-refractivity contribution in [1.82, 2.24) is 15.1 Å². The third kappa shape index (κ3) is 3.06. The molecule has 1 saturated heterocycles. The first-order valence-corrected chi connectivity index (χ1v) is 8.73. The molecular formula is C19H25N3O. The lowest BCUT2D eigenvalue weighted by Gasteiger charge is -2.25. The minimum Gasteiger partial charge on any atom is -0.357 e. The van der Waals surface area contributed by atoms with Gasteiger partial charge in [0.1, 0.15) is 0 Å². The maximum absolute atomic E-state index is 5.88. The van der Waals surface area contributed by atoms with E-state index in [1.165, 1.54) is 42.5 Å². The number of hydrogen-bond acceptors (Lipinski definition) is 3. The molecule has 0 bridgehead atoms. The predicted molar refractivity (Wildman–Crippen MR) is 90.0 cm³/mol. The molecule has 1 saturated carbocycles. The van der Waals surface area contributed by atoms with Gasteiger partial charge in [0.25, 0.3) is 0 Å². The molecule has 2 aromatic rings. The summed E-state index contributed by atoms with van der Waals surface area (Å²) in [5.41, 5.74) is 4.10. The maximum Gasteiger partial charge on any atom is 0.150 e. The van der Waals surface area contributed by atoms with Gasteiger partial charge in [-0.05, 0) is 50.7 Å². The largest absolute Gasteiger partial charge is 0.357 e. The first-order valence-electron chi connectivity index (χ1n) is 8.73. The van der Waals surface area contributed by atoms with E-state index in [-0.39, 0.29) is 11.8 Å². The van der Waals surface area contributed by atoms with E-state index >= 15 is 0 Å². The summed E-state index contributed by atoms with van der Waals surface area (Å²) in [6.07, 6.45) is 7.89. The summed E-state index contributed by atoms with van der Waals surface area (Å²) >= 11 is 0. The molecule has 1 aromatic carbocycles. The Balaban J connectivity index is 1.45. The van der Waals surface area contributed by atoms with Crippen molar-refractivity contribution in [3.05, 3.63) is 53.3 Å². The van der Waals surface area contributed by atoms with Crippen LogP contribution >= 0.6 is 0 Å². The number of benzene rings is 1. The van der Waals surface area contributed by atoms with Gasteiger partial charge in [0.05, 0.1) is 5.69 Å². The Kier molecular flexibility index (Phi) is 3.95. The molecule has 23 heavy (non-hydrogen) atoms. The third-order valence-corrected chi connectivity index (χ3v) is 5.14. The molecule has 2 fully saturated rings. The Morgan fingerprint density at radius 3 is 2.74 bits per heavy atom. The number of rotatable bonds is 5. The number of hydrogen-bond donors (Lipinski definition) is 1. The Hall–Kier alpha value is -1.65. The summed E-state index contributed by atoms with van der Waals surface area (Å²) in [6.45, 7) is 3.83. The highest BCUT2D eigenvalue weighted by Gasteiger charge is 2.43. The van der Waals surface area contributed by atoms with Crippen molar-refractivity contribution in [2.75, 3.05) is 6.61 Å². The molecule has 4 heteroatoms. The molecule has 4 nitrogen and oxygen atoms in total. The summed E-state index contributed by atoms with van der Waals surface area (Å²) in [5.74, 6) is 0. The minimum atomic E-state index is 0.116. The average molecular weight is 311 g/mol.